The van der Waals surface area contributed by atoms with Gasteiger partial charge in [-0.1, -0.05) is 25.5 Å². The highest BCUT2D eigenvalue weighted by molar-refractivity contribution is 5.27. The fourth-order valence-corrected chi connectivity index (χ4v) is 1.85. The number of ether oxygens (including phenoxy) is 1. The molecule has 0 amide bonds. The van der Waals surface area contributed by atoms with Gasteiger partial charge in [-0.05, 0) is 44.5 Å². The van der Waals surface area contributed by atoms with Crippen molar-refractivity contribution < 1.29 is 4.74 Å². The van der Waals surface area contributed by atoms with Gasteiger partial charge in [0.2, 0.25) is 0 Å². The van der Waals surface area contributed by atoms with Crippen LogP contribution in [0, 0.1) is 0 Å². The summed E-state index contributed by atoms with van der Waals surface area (Å²) in [7, 11) is 1.71. The summed E-state index contributed by atoms with van der Waals surface area (Å²) in [5.41, 5.74) is 1.36. The molecule has 96 valence electrons. The minimum absolute atomic E-state index is 0.601. The molecule has 1 aromatic rings. The fourth-order valence-electron chi connectivity index (χ4n) is 1.85. The van der Waals surface area contributed by atoms with Crippen LogP contribution in [0.3, 0.4) is 0 Å². The summed E-state index contributed by atoms with van der Waals surface area (Å²) in [5.74, 6) is 0.929. The van der Waals surface area contributed by atoms with E-state index in [1.54, 1.807) is 7.11 Å². The van der Waals surface area contributed by atoms with Crippen LogP contribution < -0.4 is 4.74 Å². The van der Waals surface area contributed by atoms with Crippen LogP contribution >= 0.6 is 0 Å². The van der Waals surface area contributed by atoms with Crippen LogP contribution in [0.15, 0.2) is 24.3 Å². The summed E-state index contributed by atoms with van der Waals surface area (Å²) in [5, 5.41) is 0. The van der Waals surface area contributed by atoms with Gasteiger partial charge in [0, 0.05) is 12.6 Å². The highest BCUT2D eigenvalue weighted by Crippen LogP contribution is 2.14. The van der Waals surface area contributed by atoms with Gasteiger partial charge in [-0.3, -0.25) is 4.90 Å². The Kier molecular flexibility index (Phi) is 6.06. The van der Waals surface area contributed by atoms with Gasteiger partial charge in [0.15, 0.2) is 0 Å². The second kappa shape index (κ2) is 7.33. The molecule has 0 saturated carbocycles. The topological polar surface area (TPSA) is 12.5 Å². The number of rotatable bonds is 7. The first-order valence-electron chi connectivity index (χ1n) is 6.54. The van der Waals surface area contributed by atoms with Crippen molar-refractivity contribution in [2.45, 2.75) is 46.2 Å². The Labute approximate surface area is 106 Å². The number of hydrogen-bond acceptors (Lipinski definition) is 2. The van der Waals surface area contributed by atoms with E-state index >= 15 is 0 Å². The number of methoxy groups -OCH3 is 1. The zero-order chi connectivity index (χ0) is 12.7. The summed E-state index contributed by atoms with van der Waals surface area (Å²) in [6.45, 7) is 8.98. The molecule has 0 bridgehead atoms. The van der Waals surface area contributed by atoms with E-state index in [4.69, 9.17) is 4.74 Å². The molecule has 0 atom stereocenters. The smallest absolute Gasteiger partial charge is 0.118 e. The van der Waals surface area contributed by atoms with E-state index in [1.807, 2.05) is 12.1 Å². The molecule has 17 heavy (non-hydrogen) atoms. The molecule has 1 rings (SSSR count). The van der Waals surface area contributed by atoms with Crippen molar-refractivity contribution in [2.75, 3.05) is 13.7 Å². The van der Waals surface area contributed by atoms with Gasteiger partial charge >= 0.3 is 0 Å². The van der Waals surface area contributed by atoms with Gasteiger partial charge in [-0.15, -0.1) is 0 Å². The third-order valence-electron chi connectivity index (χ3n) is 3.07. The summed E-state index contributed by atoms with van der Waals surface area (Å²) >= 11 is 0. The predicted octanol–water partition coefficient (Wildman–Crippen LogP) is 3.71. The Bertz CT molecular complexity index is 305. The van der Waals surface area contributed by atoms with Gasteiger partial charge < -0.3 is 4.74 Å². The van der Waals surface area contributed by atoms with Crippen molar-refractivity contribution in [2.24, 2.45) is 0 Å². The van der Waals surface area contributed by atoms with E-state index in [-0.39, 0.29) is 0 Å². The largest absolute Gasteiger partial charge is 0.497 e. The van der Waals surface area contributed by atoms with Crippen LogP contribution in [-0.2, 0) is 6.54 Å². The predicted molar refractivity (Wildman–Crippen MR) is 73.4 cm³/mol. The molecule has 0 radical (unpaired) electrons. The average molecular weight is 235 g/mol. The quantitative estimate of drug-likeness (QED) is 0.714. The lowest BCUT2D eigenvalue weighted by atomic mass is 10.1. The van der Waals surface area contributed by atoms with Crippen LogP contribution in [0.1, 0.15) is 39.2 Å². The minimum atomic E-state index is 0.601. The lowest BCUT2D eigenvalue weighted by Gasteiger charge is -2.26. The van der Waals surface area contributed by atoms with Gasteiger partial charge in [0.05, 0.1) is 7.11 Å². The Morgan fingerprint density at radius 1 is 1.18 bits per heavy atom. The molecule has 0 spiro atoms. The van der Waals surface area contributed by atoms with Crippen molar-refractivity contribution in [3.8, 4) is 5.75 Å². The fraction of sp³-hybridized carbons (Fsp3) is 0.600. The van der Waals surface area contributed by atoms with Crippen molar-refractivity contribution in [1.29, 1.82) is 0 Å². The SMILES string of the molecule is CCCCN(Cc1ccc(OC)cc1)C(C)C. The maximum atomic E-state index is 5.17. The molecule has 2 nitrogen and oxygen atoms in total. The van der Waals surface area contributed by atoms with E-state index in [0.717, 1.165) is 12.3 Å². The first kappa shape index (κ1) is 14.0. The lowest BCUT2D eigenvalue weighted by Crippen LogP contribution is -2.31. The molecule has 2 heteroatoms. The van der Waals surface area contributed by atoms with Crippen LogP contribution in [-0.4, -0.2) is 24.6 Å². The summed E-state index contributed by atoms with van der Waals surface area (Å²) in [6, 6.07) is 8.98. The van der Waals surface area contributed by atoms with Crippen molar-refractivity contribution in [3.05, 3.63) is 29.8 Å². The molecule has 1 aromatic carbocycles. The number of hydrogen-bond donors (Lipinski definition) is 0. The third kappa shape index (κ3) is 4.78. The van der Waals surface area contributed by atoms with E-state index in [2.05, 4.69) is 37.8 Å². The average Bonchev–Trinajstić information content (AvgIpc) is 2.35. The maximum Gasteiger partial charge on any atom is 0.118 e. The first-order valence-corrected chi connectivity index (χ1v) is 6.54. The van der Waals surface area contributed by atoms with E-state index in [1.165, 1.54) is 24.9 Å². The first-order chi connectivity index (χ1) is 8.17. The van der Waals surface area contributed by atoms with Gasteiger partial charge in [-0.25, -0.2) is 0 Å². The molecule has 0 aliphatic heterocycles. The zero-order valence-electron chi connectivity index (χ0n) is 11.6. The van der Waals surface area contributed by atoms with Crippen molar-refractivity contribution in [1.82, 2.24) is 4.90 Å². The van der Waals surface area contributed by atoms with E-state index in [9.17, 15) is 0 Å². The lowest BCUT2D eigenvalue weighted by molar-refractivity contribution is 0.209. The molecule has 0 aliphatic carbocycles. The molecule has 0 N–H and O–H groups in total. The molecular weight excluding hydrogens is 210 g/mol. The molecular formula is C15H25NO. The van der Waals surface area contributed by atoms with Crippen LogP contribution in [0.2, 0.25) is 0 Å². The minimum Gasteiger partial charge on any atom is -0.497 e. The van der Waals surface area contributed by atoms with E-state index in [0.29, 0.717) is 6.04 Å². The molecule has 0 heterocycles. The van der Waals surface area contributed by atoms with Crippen molar-refractivity contribution in [3.63, 3.8) is 0 Å². The van der Waals surface area contributed by atoms with E-state index < -0.39 is 0 Å². The monoisotopic (exact) mass is 235 g/mol. The number of unbranched alkanes of at least 4 members (excludes halogenated alkanes) is 1. The Balaban J connectivity index is 2.58. The molecule has 0 fully saturated rings. The van der Waals surface area contributed by atoms with Crippen LogP contribution in [0.25, 0.3) is 0 Å². The normalized spacial score (nSPS) is 11.2. The maximum absolute atomic E-state index is 5.17. The standard InChI is InChI=1S/C15H25NO/c1-5-6-11-16(13(2)3)12-14-7-9-15(17-4)10-8-14/h7-10,13H,5-6,11-12H2,1-4H3. The number of nitrogens with zero attached hydrogens (tertiary/aromatic N) is 1. The summed E-state index contributed by atoms with van der Waals surface area (Å²) in [4.78, 5) is 2.52. The zero-order valence-corrected chi connectivity index (χ0v) is 11.6. The second-order valence-corrected chi connectivity index (χ2v) is 4.77. The summed E-state index contributed by atoms with van der Waals surface area (Å²) in [6.07, 6.45) is 2.53. The summed E-state index contributed by atoms with van der Waals surface area (Å²) < 4.78 is 5.17. The molecule has 0 saturated heterocycles. The highest BCUT2D eigenvalue weighted by Gasteiger charge is 2.09. The van der Waals surface area contributed by atoms with Crippen LogP contribution in [0.5, 0.6) is 5.75 Å². The Morgan fingerprint density at radius 3 is 2.29 bits per heavy atom. The van der Waals surface area contributed by atoms with Crippen molar-refractivity contribution >= 4 is 0 Å². The van der Waals surface area contributed by atoms with Gasteiger partial charge in [0.25, 0.3) is 0 Å². The Morgan fingerprint density at radius 2 is 1.82 bits per heavy atom. The Hall–Kier alpha value is -1.02. The molecule has 0 aliphatic rings. The number of benzene rings is 1. The molecule has 0 unspecified atom stereocenters. The van der Waals surface area contributed by atoms with Gasteiger partial charge in [-0.2, -0.15) is 0 Å². The van der Waals surface area contributed by atoms with Crippen LogP contribution in [0.4, 0.5) is 0 Å². The van der Waals surface area contributed by atoms with Gasteiger partial charge in [0.1, 0.15) is 5.75 Å². The molecule has 0 aromatic heterocycles. The highest BCUT2D eigenvalue weighted by atomic mass is 16.5. The second-order valence-electron chi connectivity index (χ2n) is 4.77. The third-order valence-corrected chi connectivity index (χ3v) is 3.07.